The number of rotatable bonds is 4. The summed E-state index contributed by atoms with van der Waals surface area (Å²) >= 11 is 3.47. The van der Waals surface area contributed by atoms with Gasteiger partial charge in [-0.05, 0) is 31.0 Å². The molecule has 0 spiro atoms. The molecule has 0 amide bonds. The van der Waals surface area contributed by atoms with Gasteiger partial charge in [0, 0.05) is 4.47 Å². The minimum atomic E-state index is -0.0313. The highest BCUT2D eigenvalue weighted by Gasteiger charge is 2.11. The molecule has 2 rings (SSSR count). The summed E-state index contributed by atoms with van der Waals surface area (Å²) in [5.41, 5.74) is 9.06. The van der Waals surface area contributed by atoms with Crippen LogP contribution in [-0.4, -0.2) is 15.0 Å². The number of nitrogens with two attached hydrogens (primary N) is 1. The highest BCUT2D eigenvalue weighted by atomic mass is 79.9. The molecular weight excluding hydrogens is 292 g/mol. The third-order valence-electron chi connectivity index (χ3n) is 2.91. The maximum absolute atomic E-state index is 6.04. The van der Waals surface area contributed by atoms with Gasteiger partial charge in [0.15, 0.2) is 0 Å². The maximum atomic E-state index is 6.04. The Kier molecular flexibility index (Phi) is 4.14. The van der Waals surface area contributed by atoms with Crippen molar-refractivity contribution in [3.63, 3.8) is 0 Å². The number of hydrogen-bond acceptors (Lipinski definition) is 3. The molecule has 4 nitrogen and oxygen atoms in total. The fourth-order valence-electron chi connectivity index (χ4n) is 1.85. The first kappa shape index (κ1) is 13.2. The fourth-order valence-corrected chi connectivity index (χ4v) is 2.20. The maximum Gasteiger partial charge on any atom is 0.0998 e. The van der Waals surface area contributed by atoms with E-state index in [2.05, 4.69) is 40.1 Å². The Morgan fingerprint density at radius 1 is 1.44 bits per heavy atom. The molecule has 0 aliphatic rings. The molecule has 0 aliphatic heterocycles. The third kappa shape index (κ3) is 2.79. The predicted octanol–water partition coefficient (Wildman–Crippen LogP) is 3.14. The molecule has 2 N–H and O–H groups in total. The lowest BCUT2D eigenvalue weighted by Gasteiger charge is -2.06. The Morgan fingerprint density at radius 2 is 2.22 bits per heavy atom. The van der Waals surface area contributed by atoms with Crippen molar-refractivity contribution >= 4 is 15.9 Å². The second kappa shape index (κ2) is 5.63. The molecule has 0 saturated carbocycles. The van der Waals surface area contributed by atoms with Crippen LogP contribution in [0.4, 0.5) is 0 Å². The SMILES string of the molecule is CCCC(N)c1cn(-c2cc(Br)ccc2C)nn1. The first-order valence-corrected chi connectivity index (χ1v) is 6.85. The number of nitrogens with zero attached hydrogens (tertiary/aromatic N) is 3. The van der Waals surface area contributed by atoms with Gasteiger partial charge in [-0.3, -0.25) is 0 Å². The Hall–Kier alpha value is -1.20. The lowest BCUT2D eigenvalue weighted by Crippen LogP contribution is -2.10. The molecule has 96 valence electrons. The minimum Gasteiger partial charge on any atom is -0.323 e. The van der Waals surface area contributed by atoms with Gasteiger partial charge in [0.25, 0.3) is 0 Å². The zero-order valence-corrected chi connectivity index (χ0v) is 12.2. The quantitative estimate of drug-likeness (QED) is 0.944. The summed E-state index contributed by atoms with van der Waals surface area (Å²) < 4.78 is 2.81. The monoisotopic (exact) mass is 308 g/mol. The van der Waals surface area contributed by atoms with Crippen LogP contribution >= 0.6 is 15.9 Å². The zero-order chi connectivity index (χ0) is 13.1. The zero-order valence-electron chi connectivity index (χ0n) is 10.6. The highest BCUT2D eigenvalue weighted by molar-refractivity contribution is 9.10. The van der Waals surface area contributed by atoms with Crippen molar-refractivity contribution in [1.29, 1.82) is 0 Å². The molecular formula is C13H17BrN4. The second-order valence-corrected chi connectivity index (χ2v) is 5.33. The normalized spacial score (nSPS) is 12.7. The summed E-state index contributed by atoms with van der Waals surface area (Å²) in [7, 11) is 0. The molecule has 1 atom stereocenters. The average Bonchev–Trinajstić information content (AvgIpc) is 2.82. The lowest BCUT2D eigenvalue weighted by atomic mass is 10.1. The molecule has 0 radical (unpaired) electrons. The van der Waals surface area contributed by atoms with E-state index in [0.717, 1.165) is 34.3 Å². The average molecular weight is 309 g/mol. The van der Waals surface area contributed by atoms with Crippen LogP contribution in [0.3, 0.4) is 0 Å². The van der Waals surface area contributed by atoms with Crippen LogP contribution in [0.15, 0.2) is 28.9 Å². The van der Waals surface area contributed by atoms with Gasteiger partial charge in [-0.2, -0.15) is 0 Å². The molecule has 1 aromatic heterocycles. The summed E-state index contributed by atoms with van der Waals surface area (Å²) in [5, 5.41) is 8.31. The van der Waals surface area contributed by atoms with Crippen molar-refractivity contribution in [3.05, 3.63) is 40.1 Å². The van der Waals surface area contributed by atoms with E-state index in [0.29, 0.717) is 0 Å². The van der Waals surface area contributed by atoms with E-state index in [1.54, 1.807) is 4.68 Å². The van der Waals surface area contributed by atoms with E-state index < -0.39 is 0 Å². The topological polar surface area (TPSA) is 56.7 Å². The van der Waals surface area contributed by atoms with E-state index in [1.165, 1.54) is 0 Å². The summed E-state index contributed by atoms with van der Waals surface area (Å²) in [6.45, 7) is 4.16. The highest BCUT2D eigenvalue weighted by Crippen LogP contribution is 2.20. The van der Waals surface area contributed by atoms with Gasteiger partial charge in [-0.15, -0.1) is 5.10 Å². The number of hydrogen-bond donors (Lipinski definition) is 1. The third-order valence-corrected chi connectivity index (χ3v) is 3.40. The van der Waals surface area contributed by atoms with Crippen LogP contribution in [0.1, 0.15) is 37.1 Å². The van der Waals surface area contributed by atoms with Crippen LogP contribution in [-0.2, 0) is 0 Å². The molecule has 0 fully saturated rings. The molecule has 2 aromatic rings. The van der Waals surface area contributed by atoms with Crippen LogP contribution < -0.4 is 5.73 Å². The number of halogens is 1. The lowest BCUT2D eigenvalue weighted by molar-refractivity contribution is 0.619. The van der Waals surface area contributed by atoms with Gasteiger partial charge in [0.1, 0.15) is 0 Å². The van der Waals surface area contributed by atoms with E-state index in [-0.39, 0.29) is 6.04 Å². The molecule has 0 bridgehead atoms. The van der Waals surface area contributed by atoms with Gasteiger partial charge in [-0.25, -0.2) is 4.68 Å². The Bertz CT molecular complexity index is 536. The first-order valence-electron chi connectivity index (χ1n) is 6.06. The van der Waals surface area contributed by atoms with Crippen LogP contribution in [0.2, 0.25) is 0 Å². The minimum absolute atomic E-state index is 0.0313. The smallest absolute Gasteiger partial charge is 0.0998 e. The summed E-state index contributed by atoms with van der Waals surface area (Å²) in [6.07, 6.45) is 3.88. The van der Waals surface area contributed by atoms with Crippen molar-refractivity contribution < 1.29 is 0 Å². The molecule has 0 saturated heterocycles. The van der Waals surface area contributed by atoms with Gasteiger partial charge in [-0.1, -0.05) is 40.6 Å². The second-order valence-electron chi connectivity index (χ2n) is 4.41. The van der Waals surface area contributed by atoms with E-state index in [9.17, 15) is 0 Å². The predicted molar refractivity (Wildman–Crippen MR) is 75.6 cm³/mol. The molecule has 18 heavy (non-hydrogen) atoms. The first-order chi connectivity index (χ1) is 8.61. The number of benzene rings is 1. The molecule has 5 heteroatoms. The summed E-state index contributed by atoms with van der Waals surface area (Å²) in [4.78, 5) is 0. The molecule has 1 aromatic carbocycles. The van der Waals surface area contributed by atoms with Crippen molar-refractivity contribution in [2.24, 2.45) is 5.73 Å². The van der Waals surface area contributed by atoms with Crippen molar-refractivity contribution in [1.82, 2.24) is 15.0 Å². The Morgan fingerprint density at radius 3 is 2.94 bits per heavy atom. The van der Waals surface area contributed by atoms with Crippen molar-refractivity contribution in [2.45, 2.75) is 32.7 Å². The molecule has 1 heterocycles. The fraction of sp³-hybridized carbons (Fsp3) is 0.385. The van der Waals surface area contributed by atoms with Crippen LogP contribution in [0, 0.1) is 6.92 Å². The summed E-state index contributed by atoms with van der Waals surface area (Å²) in [5.74, 6) is 0. The van der Waals surface area contributed by atoms with Crippen molar-refractivity contribution in [2.75, 3.05) is 0 Å². The largest absolute Gasteiger partial charge is 0.323 e. The standard InChI is InChI=1S/C13H17BrN4/c1-3-4-11(15)12-8-18(17-16-12)13-7-10(14)6-5-9(13)2/h5-8,11H,3-4,15H2,1-2H3. The van der Waals surface area contributed by atoms with Gasteiger partial charge in [0.05, 0.1) is 23.6 Å². The molecule has 1 unspecified atom stereocenters. The van der Waals surface area contributed by atoms with E-state index >= 15 is 0 Å². The number of aryl methyl sites for hydroxylation is 1. The molecule has 0 aliphatic carbocycles. The summed E-state index contributed by atoms with van der Waals surface area (Å²) in [6, 6.07) is 6.06. The van der Waals surface area contributed by atoms with Gasteiger partial charge >= 0.3 is 0 Å². The van der Waals surface area contributed by atoms with Gasteiger partial charge < -0.3 is 5.73 Å². The Labute approximate surface area is 115 Å². The van der Waals surface area contributed by atoms with Gasteiger partial charge in [0.2, 0.25) is 0 Å². The Balaban J connectivity index is 2.32. The van der Waals surface area contributed by atoms with Crippen molar-refractivity contribution in [3.8, 4) is 5.69 Å². The number of aromatic nitrogens is 3. The van der Waals surface area contributed by atoms with E-state index in [4.69, 9.17) is 5.73 Å². The van der Waals surface area contributed by atoms with Crippen LogP contribution in [0.5, 0.6) is 0 Å². The van der Waals surface area contributed by atoms with E-state index in [1.807, 2.05) is 24.4 Å². The van der Waals surface area contributed by atoms with Crippen LogP contribution in [0.25, 0.3) is 5.69 Å².